The van der Waals surface area contributed by atoms with Gasteiger partial charge >= 0.3 is 0 Å². The van der Waals surface area contributed by atoms with Crippen LogP contribution in [0.4, 0.5) is 0 Å². The summed E-state index contributed by atoms with van der Waals surface area (Å²) in [4.78, 5) is 2.45. The Morgan fingerprint density at radius 1 is 1.00 bits per heavy atom. The van der Waals surface area contributed by atoms with E-state index in [1.807, 2.05) is 0 Å². The first-order chi connectivity index (χ1) is 8.93. The molecule has 2 heteroatoms. The number of nitrogens with zero attached hydrogens (tertiary/aromatic N) is 1. The standard InChI is InChI=1S/C17H30N2/c1-13(2)16(18)11-12-19(5)17(14(3)4)15-9-7-6-8-10-15/h6-10,13-14,16-17H,11-12,18H2,1-5H3. The highest BCUT2D eigenvalue weighted by atomic mass is 15.1. The Labute approximate surface area is 119 Å². The first-order valence-corrected chi connectivity index (χ1v) is 7.44. The quantitative estimate of drug-likeness (QED) is 0.812. The van der Waals surface area contributed by atoms with Gasteiger partial charge in [-0.15, -0.1) is 0 Å². The van der Waals surface area contributed by atoms with E-state index in [9.17, 15) is 0 Å². The number of hydrogen-bond donors (Lipinski definition) is 1. The van der Waals surface area contributed by atoms with Crippen molar-refractivity contribution in [1.29, 1.82) is 0 Å². The summed E-state index contributed by atoms with van der Waals surface area (Å²) < 4.78 is 0. The lowest BCUT2D eigenvalue weighted by Crippen LogP contribution is -2.35. The number of hydrogen-bond acceptors (Lipinski definition) is 2. The van der Waals surface area contributed by atoms with Crippen LogP contribution in [0.1, 0.15) is 45.7 Å². The van der Waals surface area contributed by atoms with Crippen molar-refractivity contribution in [3.8, 4) is 0 Å². The summed E-state index contributed by atoms with van der Waals surface area (Å²) in [5.41, 5.74) is 7.55. The van der Waals surface area contributed by atoms with Crippen molar-refractivity contribution in [3.63, 3.8) is 0 Å². The van der Waals surface area contributed by atoms with Gasteiger partial charge in [0.05, 0.1) is 0 Å². The second-order valence-electron chi connectivity index (χ2n) is 6.28. The van der Waals surface area contributed by atoms with Crippen LogP contribution in [-0.2, 0) is 0 Å². The maximum atomic E-state index is 6.15. The van der Waals surface area contributed by atoms with E-state index in [1.165, 1.54) is 5.56 Å². The van der Waals surface area contributed by atoms with Crippen molar-refractivity contribution >= 4 is 0 Å². The van der Waals surface area contributed by atoms with Crippen molar-refractivity contribution in [3.05, 3.63) is 35.9 Å². The Morgan fingerprint density at radius 3 is 2.05 bits per heavy atom. The number of benzene rings is 1. The van der Waals surface area contributed by atoms with Crippen LogP contribution in [0.3, 0.4) is 0 Å². The molecule has 0 fully saturated rings. The average Bonchev–Trinajstić information content (AvgIpc) is 2.36. The predicted octanol–water partition coefficient (Wildman–Crippen LogP) is 3.69. The highest BCUT2D eigenvalue weighted by Crippen LogP contribution is 2.27. The topological polar surface area (TPSA) is 29.3 Å². The molecule has 0 spiro atoms. The molecule has 2 unspecified atom stereocenters. The third kappa shape index (κ3) is 4.96. The Morgan fingerprint density at radius 2 is 1.58 bits per heavy atom. The predicted molar refractivity (Wildman–Crippen MR) is 84.1 cm³/mol. The van der Waals surface area contributed by atoms with Crippen molar-refractivity contribution < 1.29 is 0 Å². The lowest BCUT2D eigenvalue weighted by molar-refractivity contribution is 0.184. The zero-order chi connectivity index (χ0) is 14.4. The Hall–Kier alpha value is -0.860. The Balaban J connectivity index is 2.67. The normalized spacial score (nSPS) is 15.2. The lowest BCUT2D eigenvalue weighted by Gasteiger charge is -2.32. The Kier molecular flexibility index (Phi) is 6.53. The fourth-order valence-corrected chi connectivity index (χ4v) is 2.62. The third-order valence-corrected chi connectivity index (χ3v) is 3.92. The maximum Gasteiger partial charge on any atom is 0.0367 e. The molecule has 0 aromatic heterocycles. The maximum absolute atomic E-state index is 6.15. The van der Waals surface area contributed by atoms with E-state index < -0.39 is 0 Å². The highest BCUT2D eigenvalue weighted by Gasteiger charge is 2.21. The molecular formula is C17H30N2. The molecule has 1 aromatic carbocycles. The molecule has 19 heavy (non-hydrogen) atoms. The van der Waals surface area contributed by atoms with Gasteiger partial charge in [0.2, 0.25) is 0 Å². The molecule has 2 atom stereocenters. The molecule has 108 valence electrons. The first-order valence-electron chi connectivity index (χ1n) is 7.44. The summed E-state index contributed by atoms with van der Waals surface area (Å²) in [6.45, 7) is 10.0. The second kappa shape index (κ2) is 7.66. The molecule has 0 amide bonds. The van der Waals surface area contributed by atoms with Crippen LogP contribution in [0.2, 0.25) is 0 Å². The first kappa shape index (κ1) is 16.2. The van der Waals surface area contributed by atoms with Crippen molar-refractivity contribution in [2.24, 2.45) is 17.6 Å². The highest BCUT2D eigenvalue weighted by molar-refractivity contribution is 5.19. The monoisotopic (exact) mass is 262 g/mol. The van der Waals surface area contributed by atoms with E-state index in [2.05, 4.69) is 70.0 Å². The van der Waals surface area contributed by atoms with Crippen molar-refractivity contribution in [2.45, 2.75) is 46.2 Å². The van der Waals surface area contributed by atoms with Crippen LogP contribution in [0.25, 0.3) is 0 Å². The molecule has 0 saturated heterocycles. The van der Waals surface area contributed by atoms with Gasteiger partial charge < -0.3 is 5.73 Å². The molecule has 0 saturated carbocycles. The fourth-order valence-electron chi connectivity index (χ4n) is 2.62. The second-order valence-corrected chi connectivity index (χ2v) is 6.28. The summed E-state index contributed by atoms with van der Waals surface area (Å²) in [5, 5.41) is 0. The zero-order valence-corrected chi connectivity index (χ0v) is 13.1. The van der Waals surface area contributed by atoms with Gasteiger partial charge in [0.1, 0.15) is 0 Å². The molecule has 0 radical (unpaired) electrons. The molecule has 0 aliphatic rings. The van der Waals surface area contributed by atoms with Crippen LogP contribution in [0, 0.1) is 11.8 Å². The summed E-state index contributed by atoms with van der Waals surface area (Å²) in [5.74, 6) is 1.16. The summed E-state index contributed by atoms with van der Waals surface area (Å²) in [6, 6.07) is 11.5. The van der Waals surface area contributed by atoms with Gasteiger partial charge in [-0.25, -0.2) is 0 Å². The molecule has 0 bridgehead atoms. The van der Waals surface area contributed by atoms with E-state index in [1.54, 1.807) is 0 Å². The van der Waals surface area contributed by atoms with Gasteiger partial charge in [0, 0.05) is 12.1 Å². The van der Waals surface area contributed by atoms with Crippen LogP contribution in [0.15, 0.2) is 30.3 Å². The molecule has 0 aliphatic heterocycles. The van der Waals surface area contributed by atoms with Gasteiger partial charge in [-0.1, -0.05) is 58.0 Å². The minimum absolute atomic E-state index is 0.297. The van der Waals surface area contributed by atoms with E-state index in [0.717, 1.165) is 13.0 Å². The van der Waals surface area contributed by atoms with Crippen molar-refractivity contribution in [1.82, 2.24) is 4.90 Å². The van der Waals surface area contributed by atoms with Gasteiger partial charge in [-0.3, -0.25) is 4.90 Å². The summed E-state index contributed by atoms with van der Waals surface area (Å²) >= 11 is 0. The van der Waals surface area contributed by atoms with E-state index in [4.69, 9.17) is 5.73 Å². The zero-order valence-electron chi connectivity index (χ0n) is 13.1. The molecule has 2 nitrogen and oxygen atoms in total. The smallest absolute Gasteiger partial charge is 0.0367 e. The molecular weight excluding hydrogens is 232 g/mol. The molecule has 0 aliphatic carbocycles. The minimum atomic E-state index is 0.297. The summed E-state index contributed by atoms with van der Waals surface area (Å²) in [6.07, 6.45) is 1.06. The largest absolute Gasteiger partial charge is 0.327 e. The van der Waals surface area contributed by atoms with Crippen LogP contribution in [-0.4, -0.2) is 24.5 Å². The van der Waals surface area contributed by atoms with Gasteiger partial charge in [-0.05, 0) is 37.4 Å². The lowest BCUT2D eigenvalue weighted by atomic mass is 9.94. The van der Waals surface area contributed by atoms with E-state index in [0.29, 0.717) is 23.9 Å². The average molecular weight is 262 g/mol. The van der Waals surface area contributed by atoms with Crippen LogP contribution in [0.5, 0.6) is 0 Å². The van der Waals surface area contributed by atoms with E-state index in [-0.39, 0.29) is 0 Å². The van der Waals surface area contributed by atoms with Gasteiger partial charge in [0.15, 0.2) is 0 Å². The van der Waals surface area contributed by atoms with Crippen molar-refractivity contribution in [2.75, 3.05) is 13.6 Å². The van der Waals surface area contributed by atoms with Crippen LogP contribution < -0.4 is 5.73 Å². The van der Waals surface area contributed by atoms with Gasteiger partial charge in [-0.2, -0.15) is 0 Å². The molecule has 1 aromatic rings. The Bertz CT molecular complexity index is 346. The number of nitrogens with two attached hydrogens (primary N) is 1. The third-order valence-electron chi connectivity index (χ3n) is 3.92. The van der Waals surface area contributed by atoms with Gasteiger partial charge in [0.25, 0.3) is 0 Å². The molecule has 0 heterocycles. The fraction of sp³-hybridized carbons (Fsp3) is 0.647. The molecule has 1 rings (SSSR count). The van der Waals surface area contributed by atoms with E-state index >= 15 is 0 Å². The van der Waals surface area contributed by atoms with Crippen LogP contribution >= 0.6 is 0 Å². The SMILES string of the molecule is CC(C)C(N)CCN(C)C(c1ccccc1)C(C)C. The minimum Gasteiger partial charge on any atom is -0.327 e. The number of rotatable bonds is 7. The molecule has 2 N–H and O–H groups in total. The summed E-state index contributed by atoms with van der Waals surface area (Å²) in [7, 11) is 2.21.